The Hall–Kier alpha value is -3.02. The molecule has 0 bridgehead atoms. The molecule has 2 aromatic carbocycles. The number of ether oxygens (including phenoxy) is 1. The third-order valence-corrected chi connectivity index (χ3v) is 3.54. The van der Waals surface area contributed by atoms with Gasteiger partial charge in [0.15, 0.2) is 0 Å². The third-order valence-electron chi connectivity index (χ3n) is 3.54. The molecule has 2 rings (SSSR count). The van der Waals surface area contributed by atoms with Gasteiger partial charge in [0.2, 0.25) is 5.91 Å². The predicted molar refractivity (Wildman–Crippen MR) is 91.9 cm³/mol. The fraction of sp³-hybridized carbons (Fsp3) is 0.222. The minimum atomic E-state index is -0.459. The Morgan fingerprint density at radius 1 is 1.08 bits per heavy atom. The lowest BCUT2D eigenvalue weighted by Gasteiger charge is -2.10. The highest BCUT2D eigenvalue weighted by Gasteiger charge is 2.05. The van der Waals surface area contributed by atoms with E-state index in [1.165, 1.54) is 0 Å². The van der Waals surface area contributed by atoms with E-state index < -0.39 is 5.91 Å². The zero-order valence-electron chi connectivity index (χ0n) is 13.5. The van der Waals surface area contributed by atoms with Crippen molar-refractivity contribution in [2.75, 3.05) is 13.7 Å². The number of methoxy groups -OCH3 is 1. The number of nitrogens with two attached hydrogens (primary N) is 1. The van der Waals surface area contributed by atoms with Crippen LogP contribution in [0.3, 0.4) is 0 Å². The van der Waals surface area contributed by atoms with E-state index in [2.05, 4.69) is 10.6 Å². The summed E-state index contributed by atoms with van der Waals surface area (Å²) in [6.07, 6.45) is 0.614. The Balaban J connectivity index is 1.77. The SMILES string of the molecule is COc1ccccc1CNC(=O)NCCc1cccc(C(N)=O)c1. The fourth-order valence-corrected chi connectivity index (χ4v) is 2.29. The smallest absolute Gasteiger partial charge is 0.315 e. The van der Waals surface area contributed by atoms with E-state index in [0.717, 1.165) is 16.9 Å². The molecule has 6 heteroatoms. The van der Waals surface area contributed by atoms with Crippen molar-refractivity contribution in [3.05, 3.63) is 65.2 Å². The molecular weight excluding hydrogens is 306 g/mol. The van der Waals surface area contributed by atoms with Gasteiger partial charge in [-0.2, -0.15) is 0 Å². The van der Waals surface area contributed by atoms with Crippen molar-refractivity contribution < 1.29 is 14.3 Å². The van der Waals surface area contributed by atoms with Crippen LogP contribution in [0.2, 0.25) is 0 Å². The lowest BCUT2D eigenvalue weighted by molar-refractivity contribution is 0.1000. The summed E-state index contributed by atoms with van der Waals surface area (Å²) < 4.78 is 5.24. The molecule has 0 heterocycles. The number of hydrogen-bond donors (Lipinski definition) is 3. The van der Waals surface area contributed by atoms with Crippen molar-refractivity contribution in [1.82, 2.24) is 10.6 Å². The predicted octanol–water partition coefficient (Wildman–Crippen LogP) is 1.84. The highest BCUT2D eigenvalue weighted by Crippen LogP contribution is 2.16. The summed E-state index contributed by atoms with van der Waals surface area (Å²) in [5.74, 6) is 0.278. The van der Waals surface area contributed by atoms with Gasteiger partial charge in [-0.25, -0.2) is 4.79 Å². The summed E-state index contributed by atoms with van der Waals surface area (Å²) >= 11 is 0. The minimum Gasteiger partial charge on any atom is -0.496 e. The van der Waals surface area contributed by atoms with Gasteiger partial charge < -0.3 is 21.1 Å². The summed E-state index contributed by atoms with van der Waals surface area (Å²) in [7, 11) is 1.60. The molecule has 0 aliphatic heterocycles. The summed E-state index contributed by atoms with van der Waals surface area (Å²) in [6.45, 7) is 0.840. The van der Waals surface area contributed by atoms with Crippen LogP contribution in [0.1, 0.15) is 21.5 Å². The van der Waals surface area contributed by atoms with Crippen LogP contribution >= 0.6 is 0 Å². The second-order valence-electron chi connectivity index (χ2n) is 5.24. The average Bonchev–Trinajstić information content (AvgIpc) is 2.60. The van der Waals surface area contributed by atoms with E-state index in [1.807, 2.05) is 30.3 Å². The topological polar surface area (TPSA) is 93.4 Å². The number of rotatable bonds is 7. The Labute approximate surface area is 141 Å². The highest BCUT2D eigenvalue weighted by atomic mass is 16.5. The zero-order valence-corrected chi connectivity index (χ0v) is 13.5. The maximum atomic E-state index is 11.8. The van der Waals surface area contributed by atoms with E-state index in [9.17, 15) is 9.59 Å². The third kappa shape index (κ3) is 5.01. The van der Waals surface area contributed by atoms with Crippen LogP contribution in [0, 0.1) is 0 Å². The molecule has 0 spiro atoms. The van der Waals surface area contributed by atoms with Gasteiger partial charge in [0.1, 0.15) is 5.75 Å². The molecule has 0 aliphatic carbocycles. The molecule has 0 unspecified atom stereocenters. The first-order valence-corrected chi connectivity index (χ1v) is 7.62. The normalized spacial score (nSPS) is 10.0. The van der Waals surface area contributed by atoms with Crippen molar-refractivity contribution in [2.24, 2.45) is 5.73 Å². The van der Waals surface area contributed by atoms with Gasteiger partial charge in [-0.15, -0.1) is 0 Å². The molecular formula is C18H21N3O3. The largest absolute Gasteiger partial charge is 0.496 e. The summed E-state index contributed by atoms with van der Waals surface area (Å²) in [5, 5.41) is 5.57. The van der Waals surface area contributed by atoms with Gasteiger partial charge in [-0.05, 0) is 30.2 Å². The Morgan fingerprint density at radius 2 is 1.88 bits per heavy atom. The Bertz CT molecular complexity index is 716. The number of hydrogen-bond acceptors (Lipinski definition) is 3. The minimum absolute atomic E-state index is 0.257. The van der Waals surface area contributed by atoms with Gasteiger partial charge >= 0.3 is 6.03 Å². The van der Waals surface area contributed by atoms with Crippen LogP contribution in [0.15, 0.2) is 48.5 Å². The number of primary amides is 1. The number of nitrogens with one attached hydrogen (secondary N) is 2. The Morgan fingerprint density at radius 3 is 2.62 bits per heavy atom. The molecule has 2 aromatic rings. The van der Waals surface area contributed by atoms with Crippen molar-refractivity contribution in [3.8, 4) is 5.75 Å². The van der Waals surface area contributed by atoms with Crippen molar-refractivity contribution in [3.63, 3.8) is 0 Å². The molecule has 3 amide bonds. The molecule has 24 heavy (non-hydrogen) atoms. The van der Waals surface area contributed by atoms with Gasteiger partial charge in [0, 0.05) is 24.2 Å². The number of carbonyl (C=O) groups is 2. The van der Waals surface area contributed by atoms with Crippen molar-refractivity contribution in [2.45, 2.75) is 13.0 Å². The summed E-state index contributed by atoms with van der Waals surface area (Å²) in [4.78, 5) is 23.0. The van der Waals surface area contributed by atoms with Gasteiger partial charge in [0.05, 0.1) is 7.11 Å². The fourth-order valence-electron chi connectivity index (χ4n) is 2.29. The quantitative estimate of drug-likeness (QED) is 0.724. The molecule has 0 radical (unpaired) electrons. The van der Waals surface area contributed by atoms with Crippen LogP contribution in [0.25, 0.3) is 0 Å². The molecule has 0 saturated carbocycles. The first-order chi connectivity index (χ1) is 11.6. The van der Waals surface area contributed by atoms with Crippen LogP contribution in [-0.4, -0.2) is 25.6 Å². The molecule has 126 valence electrons. The van der Waals surface area contributed by atoms with Crippen LogP contribution in [0.5, 0.6) is 5.75 Å². The molecule has 4 N–H and O–H groups in total. The zero-order chi connectivity index (χ0) is 17.4. The van der Waals surface area contributed by atoms with Gasteiger partial charge in [-0.3, -0.25) is 4.79 Å². The van der Waals surface area contributed by atoms with Crippen LogP contribution in [0.4, 0.5) is 4.79 Å². The monoisotopic (exact) mass is 327 g/mol. The van der Waals surface area contributed by atoms with Crippen LogP contribution in [-0.2, 0) is 13.0 Å². The van der Waals surface area contributed by atoms with Crippen molar-refractivity contribution >= 4 is 11.9 Å². The standard InChI is InChI=1S/C18H21N3O3/c1-24-16-8-3-2-6-15(16)12-21-18(23)20-10-9-13-5-4-7-14(11-13)17(19)22/h2-8,11H,9-10,12H2,1H3,(H2,19,22)(H2,20,21,23). The second-order valence-corrected chi connectivity index (χ2v) is 5.24. The van der Waals surface area contributed by atoms with E-state index >= 15 is 0 Å². The van der Waals surface area contributed by atoms with Crippen molar-refractivity contribution in [1.29, 1.82) is 0 Å². The first-order valence-electron chi connectivity index (χ1n) is 7.62. The maximum Gasteiger partial charge on any atom is 0.315 e. The maximum absolute atomic E-state index is 11.8. The summed E-state index contributed by atoms with van der Waals surface area (Å²) in [6, 6.07) is 14.3. The molecule has 0 aromatic heterocycles. The van der Waals surface area contributed by atoms with Gasteiger partial charge in [0.25, 0.3) is 0 Å². The number of urea groups is 1. The number of amides is 3. The Kier molecular flexibility index (Phi) is 6.19. The van der Waals surface area contributed by atoms with E-state index in [1.54, 1.807) is 25.3 Å². The number of benzene rings is 2. The first kappa shape index (κ1) is 17.3. The number of carbonyl (C=O) groups excluding carboxylic acids is 2. The second kappa shape index (κ2) is 8.57. The summed E-state index contributed by atoms with van der Waals surface area (Å²) in [5.41, 5.74) is 7.56. The molecule has 0 atom stereocenters. The van der Waals surface area contributed by atoms with Crippen LogP contribution < -0.4 is 21.1 Å². The molecule has 0 saturated heterocycles. The van der Waals surface area contributed by atoms with E-state index in [-0.39, 0.29) is 6.03 Å². The number of para-hydroxylation sites is 1. The molecule has 0 aliphatic rings. The lowest BCUT2D eigenvalue weighted by Crippen LogP contribution is -2.36. The van der Waals surface area contributed by atoms with Gasteiger partial charge in [-0.1, -0.05) is 30.3 Å². The highest BCUT2D eigenvalue weighted by molar-refractivity contribution is 5.92. The van der Waals surface area contributed by atoms with E-state index in [4.69, 9.17) is 10.5 Å². The lowest BCUT2D eigenvalue weighted by atomic mass is 10.1. The molecule has 6 nitrogen and oxygen atoms in total. The average molecular weight is 327 g/mol. The van der Waals surface area contributed by atoms with E-state index in [0.29, 0.717) is 25.1 Å². The molecule has 0 fully saturated rings.